The molecule has 0 aliphatic carbocycles. The summed E-state index contributed by atoms with van der Waals surface area (Å²) in [5.74, 6) is 1.20. The van der Waals surface area contributed by atoms with Crippen LogP contribution in [0.2, 0.25) is 0 Å². The molecule has 124 valence electrons. The highest BCUT2D eigenvalue weighted by atomic mass is 16.1. The molecule has 25 heavy (non-hydrogen) atoms. The maximum atomic E-state index is 12.3. The number of rotatable bonds is 5. The molecule has 1 amide bonds. The van der Waals surface area contributed by atoms with E-state index in [0.717, 1.165) is 16.9 Å². The number of carbonyl (C=O) groups is 1. The molecule has 3 heterocycles. The van der Waals surface area contributed by atoms with Crippen molar-refractivity contribution in [3.63, 3.8) is 0 Å². The van der Waals surface area contributed by atoms with Crippen molar-refractivity contribution in [3.8, 4) is 5.82 Å². The van der Waals surface area contributed by atoms with E-state index in [0.29, 0.717) is 24.5 Å². The molecule has 0 bridgehead atoms. The maximum Gasteiger partial charge on any atom is 0.269 e. The molecule has 0 aliphatic rings. The van der Waals surface area contributed by atoms with E-state index in [4.69, 9.17) is 0 Å². The molecule has 0 saturated carbocycles. The number of imidazole rings is 1. The number of hydrogen-bond donors (Lipinski definition) is 2. The van der Waals surface area contributed by atoms with E-state index < -0.39 is 0 Å². The number of para-hydroxylation sites is 2. The van der Waals surface area contributed by atoms with Crippen molar-refractivity contribution in [1.29, 1.82) is 0 Å². The lowest BCUT2D eigenvalue weighted by molar-refractivity contribution is 0.0949. The van der Waals surface area contributed by atoms with Crippen LogP contribution in [-0.4, -0.2) is 42.2 Å². The average Bonchev–Trinajstić information content (AvgIpc) is 3.31. The summed E-state index contributed by atoms with van der Waals surface area (Å²) in [5, 5.41) is 10.3. The summed E-state index contributed by atoms with van der Waals surface area (Å²) in [6.45, 7) is 0.469. The molecule has 0 radical (unpaired) electrons. The van der Waals surface area contributed by atoms with E-state index >= 15 is 0 Å². The lowest BCUT2D eigenvalue weighted by Gasteiger charge is -2.05. The molecule has 1 aromatic carbocycles. The van der Waals surface area contributed by atoms with E-state index in [1.165, 1.54) is 12.7 Å². The maximum absolute atomic E-state index is 12.3. The molecular weight excluding hydrogens is 318 g/mol. The lowest BCUT2D eigenvalue weighted by Crippen LogP contribution is -2.27. The first-order valence-corrected chi connectivity index (χ1v) is 7.83. The van der Waals surface area contributed by atoms with Crippen LogP contribution in [-0.2, 0) is 6.42 Å². The predicted molar refractivity (Wildman–Crippen MR) is 91.3 cm³/mol. The number of amides is 1. The molecule has 4 rings (SSSR count). The van der Waals surface area contributed by atoms with Gasteiger partial charge in [0.05, 0.1) is 11.0 Å². The van der Waals surface area contributed by atoms with E-state index in [9.17, 15) is 4.79 Å². The van der Waals surface area contributed by atoms with Crippen molar-refractivity contribution in [2.24, 2.45) is 0 Å². The topological polar surface area (TPSA) is 101 Å². The van der Waals surface area contributed by atoms with Crippen LogP contribution in [0, 0.1) is 0 Å². The van der Waals surface area contributed by atoms with E-state index in [1.54, 1.807) is 22.8 Å². The molecule has 4 aromatic rings. The fraction of sp³-hybridized carbons (Fsp3) is 0.118. The Kier molecular flexibility index (Phi) is 3.91. The molecule has 0 aliphatic heterocycles. The Bertz CT molecular complexity index is 974. The highest BCUT2D eigenvalue weighted by molar-refractivity contribution is 5.92. The second-order valence-corrected chi connectivity index (χ2v) is 5.46. The van der Waals surface area contributed by atoms with Crippen molar-refractivity contribution >= 4 is 16.9 Å². The van der Waals surface area contributed by atoms with Crippen LogP contribution in [0.25, 0.3) is 16.9 Å². The third-order valence-electron chi connectivity index (χ3n) is 3.74. The fourth-order valence-corrected chi connectivity index (χ4v) is 2.52. The molecule has 8 nitrogen and oxygen atoms in total. The summed E-state index contributed by atoms with van der Waals surface area (Å²) in [5.41, 5.74) is 2.26. The van der Waals surface area contributed by atoms with Crippen LogP contribution < -0.4 is 5.32 Å². The molecule has 3 aromatic heterocycles. The normalized spacial score (nSPS) is 10.9. The Morgan fingerprint density at radius 1 is 1.04 bits per heavy atom. The van der Waals surface area contributed by atoms with Crippen LogP contribution in [0.1, 0.15) is 16.3 Å². The van der Waals surface area contributed by atoms with Gasteiger partial charge < -0.3 is 10.3 Å². The fourth-order valence-electron chi connectivity index (χ4n) is 2.52. The summed E-state index contributed by atoms with van der Waals surface area (Å²) in [4.78, 5) is 24.3. The molecule has 2 N–H and O–H groups in total. The van der Waals surface area contributed by atoms with Crippen LogP contribution in [0.15, 0.2) is 55.1 Å². The highest BCUT2D eigenvalue weighted by Gasteiger charge is 2.09. The van der Waals surface area contributed by atoms with Gasteiger partial charge in [-0.1, -0.05) is 18.2 Å². The van der Waals surface area contributed by atoms with E-state index in [1.807, 2.05) is 24.3 Å². The van der Waals surface area contributed by atoms with Crippen molar-refractivity contribution in [2.75, 3.05) is 6.54 Å². The van der Waals surface area contributed by atoms with Gasteiger partial charge in [0.1, 0.15) is 30.0 Å². The number of hydrogen-bond acceptors (Lipinski definition) is 5. The zero-order valence-corrected chi connectivity index (χ0v) is 13.3. The molecule has 0 unspecified atom stereocenters. The Labute approximate surface area is 143 Å². The molecule has 8 heteroatoms. The Morgan fingerprint density at radius 3 is 2.72 bits per heavy atom. The van der Waals surface area contributed by atoms with Crippen molar-refractivity contribution in [2.45, 2.75) is 6.42 Å². The first kappa shape index (κ1) is 15.0. The Hall–Kier alpha value is -3.55. The van der Waals surface area contributed by atoms with Gasteiger partial charge in [-0.15, -0.1) is 10.2 Å². The summed E-state index contributed by atoms with van der Waals surface area (Å²) < 4.78 is 1.64. The molecule has 0 atom stereocenters. The van der Waals surface area contributed by atoms with Gasteiger partial charge in [-0.3, -0.25) is 9.36 Å². The average molecular weight is 333 g/mol. The predicted octanol–water partition coefficient (Wildman–Crippen LogP) is 1.51. The van der Waals surface area contributed by atoms with Crippen LogP contribution in [0.4, 0.5) is 0 Å². The van der Waals surface area contributed by atoms with Gasteiger partial charge in [-0.2, -0.15) is 0 Å². The third kappa shape index (κ3) is 3.23. The molecule has 0 spiro atoms. The lowest BCUT2D eigenvalue weighted by atomic mass is 10.3. The SMILES string of the molecule is O=C(NCCc1nc2ccccc2[nH]1)c1cccc(-n2cnnc2)n1. The minimum Gasteiger partial charge on any atom is -0.350 e. The van der Waals surface area contributed by atoms with Crippen LogP contribution >= 0.6 is 0 Å². The number of nitrogens with zero attached hydrogens (tertiary/aromatic N) is 5. The second-order valence-electron chi connectivity index (χ2n) is 5.46. The zero-order valence-electron chi connectivity index (χ0n) is 13.3. The van der Waals surface area contributed by atoms with E-state index in [-0.39, 0.29) is 5.91 Å². The third-order valence-corrected chi connectivity index (χ3v) is 3.74. The van der Waals surface area contributed by atoms with Gasteiger partial charge in [0, 0.05) is 13.0 Å². The van der Waals surface area contributed by atoms with Gasteiger partial charge in [0.25, 0.3) is 5.91 Å². The number of nitrogens with one attached hydrogen (secondary N) is 2. The number of pyridine rings is 1. The van der Waals surface area contributed by atoms with Gasteiger partial charge in [-0.25, -0.2) is 9.97 Å². The summed E-state index contributed by atoms with van der Waals surface area (Å²) in [6.07, 6.45) is 3.68. The summed E-state index contributed by atoms with van der Waals surface area (Å²) in [7, 11) is 0. The number of aromatic amines is 1. The minimum atomic E-state index is -0.231. The molecular formula is C17H15N7O. The molecule has 0 saturated heterocycles. The quantitative estimate of drug-likeness (QED) is 0.576. The van der Waals surface area contributed by atoms with Gasteiger partial charge >= 0.3 is 0 Å². The zero-order chi connectivity index (χ0) is 17.1. The number of aromatic nitrogens is 6. The van der Waals surface area contributed by atoms with Gasteiger partial charge in [-0.05, 0) is 24.3 Å². The Morgan fingerprint density at radius 2 is 1.88 bits per heavy atom. The number of carbonyl (C=O) groups excluding carboxylic acids is 1. The van der Waals surface area contributed by atoms with E-state index in [2.05, 4.69) is 30.5 Å². The summed E-state index contributed by atoms with van der Waals surface area (Å²) in [6, 6.07) is 13.1. The standard InChI is InChI=1S/C17H15N7O/c25-17(14-6-3-7-16(23-14)24-10-19-20-11-24)18-9-8-15-21-12-4-1-2-5-13(12)22-15/h1-7,10-11H,8-9H2,(H,18,25)(H,21,22). The summed E-state index contributed by atoms with van der Waals surface area (Å²) >= 11 is 0. The monoisotopic (exact) mass is 333 g/mol. The number of H-pyrrole nitrogens is 1. The van der Waals surface area contributed by atoms with Crippen molar-refractivity contribution < 1.29 is 4.79 Å². The number of benzene rings is 1. The first-order valence-electron chi connectivity index (χ1n) is 7.83. The van der Waals surface area contributed by atoms with Crippen LogP contribution in [0.3, 0.4) is 0 Å². The van der Waals surface area contributed by atoms with Gasteiger partial charge in [0.2, 0.25) is 0 Å². The smallest absolute Gasteiger partial charge is 0.269 e. The van der Waals surface area contributed by atoms with Crippen molar-refractivity contribution in [1.82, 2.24) is 35.0 Å². The highest BCUT2D eigenvalue weighted by Crippen LogP contribution is 2.10. The Balaban J connectivity index is 1.39. The first-order chi connectivity index (χ1) is 12.3. The van der Waals surface area contributed by atoms with Crippen LogP contribution in [0.5, 0.6) is 0 Å². The largest absolute Gasteiger partial charge is 0.350 e. The molecule has 0 fully saturated rings. The second kappa shape index (κ2) is 6.52. The van der Waals surface area contributed by atoms with Crippen molar-refractivity contribution in [3.05, 3.63) is 66.6 Å². The van der Waals surface area contributed by atoms with Gasteiger partial charge in [0.15, 0.2) is 0 Å². The number of fused-ring (bicyclic) bond motifs is 1. The minimum absolute atomic E-state index is 0.231.